The van der Waals surface area contributed by atoms with Crippen molar-refractivity contribution in [3.05, 3.63) is 23.8 Å². The van der Waals surface area contributed by atoms with Crippen LogP contribution in [0.2, 0.25) is 0 Å². The highest BCUT2D eigenvalue weighted by atomic mass is 19.1. The first-order chi connectivity index (χ1) is 13.3. The van der Waals surface area contributed by atoms with Crippen molar-refractivity contribution in [1.29, 1.82) is 0 Å². The summed E-state index contributed by atoms with van der Waals surface area (Å²) >= 11 is 0. The molecule has 6 heteroatoms. The Labute approximate surface area is 170 Å². The summed E-state index contributed by atoms with van der Waals surface area (Å²) in [7, 11) is 0. The Balaban J connectivity index is 1.90. The van der Waals surface area contributed by atoms with Crippen molar-refractivity contribution in [2.24, 2.45) is 28.1 Å². The van der Waals surface area contributed by atoms with Crippen LogP contribution in [0, 0.1) is 28.1 Å². The zero-order chi connectivity index (χ0) is 21.6. The molecule has 160 valence electrons. The van der Waals surface area contributed by atoms with Gasteiger partial charge in [-0.3, -0.25) is 9.59 Å². The Kier molecular flexibility index (Phi) is 4.22. The van der Waals surface area contributed by atoms with E-state index in [-0.39, 0.29) is 18.1 Å². The SMILES string of the molecule is C[C@@H]1C[C@H]2C3(C)CCC4=CC(=O)C=C[C@]4(C)[C@@]3(F)[C@@H](O)C[C@]2(C)[C@@]1(O)C(=O)CO. The lowest BCUT2D eigenvalue weighted by Gasteiger charge is -2.67. The number of ketones is 2. The molecule has 0 aromatic rings. The molecule has 0 spiro atoms. The molecule has 3 saturated carbocycles. The second kappa shape index (κ2) is 5.86. The first-order valence-corrected chi connectivity index (χ1v) is 10.5. The standard InChI is InChI=1S/C23H31FO5/c1-13-9-16-20(3)7-5-14-10-15(26)6-8-19(14,2)23(20,24)17(27)11-21(16,4)22(13,29)18(28)12-25/h6,8,10,13,16-17,25,27,29H,5,7,9,11-12H2,1-4H3/t13-,16+,17+,19+,20?,21+,22+,23+/m1/s1. The van der Waals surface area contributed by atoms with Gasteiger partial charge in [-0.1, -0.05) is 32.4 Å². The van der Waals surface area contributed by atoms with Crippen LogP contribution in [-0.2, 0) is 9.59 Å². The molecular weight excluding hydrogens is 375 g/mol. The van der Waals surface area contributed by atoms with Crippen LogP contribution in [0.4, 0.5) is 4.39 Å². The van der Waals surface area contributed by atoms with Crippen LogP contribution in [0.3, 0.4) is 0 Å². The van der Waals surface area contributed by atoms with Gasteiger partial charge in [0.1, 0.15) is 12.2 Å². The number of halogens is 1. The lowest BCUT2D eigenvalue weighted by Crippen LogP contribution is -2.73. The van der Waals surface area contributed by atoms with Gasteiger partial charge in [-0.25, -0.2) is 4.39 Å². The molecule has 4 rings (SSSR count). The van der Waals surface area contributed by atoms with Crippen LogP contribution in [0.25, 0.3) is 0 Å². The van der Waals surface area contributed by atoms with E-state index < -0.39 is 51.9 Å². The number of aliphatic hydroxyl groups is 3. The number of fused-ring (bicyclic) bond motifs is 5. The molecule has 0 aliphatic heterocycles. The van der Waals surface area contributed by atoms with Gasteiger partial charge < -0.3 is 15.3 Å². The smallest absolute Gasteiger partial charge is 0.190 e. The lowest BCUT2D eigenvalue weighted by molar-refractivity contribution is -0.255. The minimum atomic E-state index is -2.04. The van der Waals surface area contributed by atoms with Gasteiger partial charge >= 0.3 is 0 Å². The molecule has 8 atom stereocenters. The van der Waals surface area contributed by atoms with Crippen molar-refractivity contribution in [3.63, 3.8) is 0 Å². The van der Waals surface area contributed by atoms with Crippen LogP contribution >= 0.6 is 0 Å². The second-order valence-corrected chi connectivity index (χ2v) is 10.4. The van der Waals surface area contributed by atoms with Crippen molar-refractivity contribution >= 4 is 11.6 Å². The number of rotatable bonds is 2. The first-order valence-electron chi connectivity index (χ1n) is 10.5. The zero-order valence-corrected chi connectivity index (χ0v) is 17.5. The van der Waals surface area contributed by atoms with Crippen LogP contribution in [-0.4, -0.2) is 50.9 Å². The minimum absolute atomic E-state index is 0.0823. The average molecular weight is 406 g/mol. The van der Waals surface area contributed by atoms with E-state index in [9.17, 15) is 24.9 Å². The number of carbonyl (C=O) groups is 2. The van der Waals surface area contributed by atoms with Gasteiger partial charge in [0, 0.05) is 16.2 Å². The van der Waals surface area contributed by atoms with E-state index in [4.69, 9.17) is 0 Å². The fourth-order valence-electron chi connectivity index (χ4n) is 7.87. The average Bonchev–Trinajstić information content (AvgIpc) is 2.87. The van der Waals surface area contributed by atoms with Gasteiger partial charge in [0.05, 0.1) is 6.10 Å². The fourth-order valence-corrected chi connectivity index (χ4v) is 7.87. The Bertz CT molecular complexity index is 850. The molecule has 1 unspecified atom stereocenters. The van der Waals surface area contributed by atoms with Crippen LogP contribution < -0.4 is 0 Å². The molecular formula is C23H31FO5. The second-order valence-electron chi connectivity index (χ2n) is 10.4. The fraction of sp³-hybridized carbons (Fsp3) is 0.739. The summed E-state index contributed by atoms with van der Waals surface area (Å²) in [4.78, 5) is 24.6. The summed E-state index contributed by atoms with van der Waals surface area (Å²) in [5.74, 6) is -1.65. The summed E-state index contributed by atoms with van der Waals surface area (Å²) in [6, 6.07) is 0. The number of alkyl halides is 1. The van der Waals surface area contributed by atoms with E-state index in [0.29, 0.717) is 24.8 Å². The van der Waals surface area contributed by atoms with Gasteiger partial charge in [-0.2, -0.15) is 0 Å². The maximum absolute atomic E-state index is 17.2. The molecule has 0 aromatic carbocycles. The molecule has 4 aliphatic carbocycles. The largest absolute Gasteiger partial charge is 0.390 e. The van der Waals surface area contributed by atoms with Gasteiger partial charge in [-0.15, -0.1) is 0 Å². The third-order valence-corrected chi connectivity index (χ3v) is 9.42. The molecule has 0 saturated heterocycles. The third kappa shape index (κ3) is 2.06. The first kappa shape index (κ1) is 20.9. The molecule has 0 heterocycles. The maximum Gasteiger partial charge on any atom is 0.190 e. The number of Topliss-reactive ketones (excluding diaryl/α,β-unsaturated/α-hetero) is 1. The summed E-state index contributed by atoms with van der Waals surface area (Å²) in [5, 5.41) is 32.3. The number of hydrogen-bond donors (Lipinski definition) is 3. The molecule has 3 fully saturated rings. The van der Waals surface area contributed by atoms with E-state index in [2.05, 4.69) is 0 Å². The summed E-state index contributed by atoms with van der Waals surface area (Å²) in [6.45, 7) is 6.31. The van der Waals surface area contributed by atoms with Gasteiger partial charge in [-0.05, 0) is 56.6 Å². The summed E-state index contributed by atoms with van der Waals surface area (Å²) < 4.78 is 17.2. The predicted molar refractivity (Wildman–Crippen MR) is 105 cm³/mol. The number of aliphatic hydroxyl groups excluding tert-OH is 2. The van der Waals surface area contributed by atoms with Crippen molar-refractivity contribution in [2.45, 2.75) is 70.8 Å². The molecule has 0 aromatic heterocycles. The summed E-state index contributed by atoms with van der Waals surface area (Å²) in [5.41, 5.74) is -6.35. The quantitative estimate of drug-likeness (QED) is 0.654. The van der Waals surface area contributed by atoms with Gasteiger partial charge in [0.25, 0.3) is 0 Å². The number of carbonyl (C=O) groups excluding carboxylic acids is 2. The molecule has 3 N–H and O–H groups in total. The zero-order valence-electron chi connectivity index (χ0n) is 17.5. The van der Waals surface area contributed by atoms with Crippen molar-refractivity contribution in [2.75, 3.05) is 6.61 Å². The third-order valence-electron chi connectivity index (χ3n) is 9.42. The minimum Gasteiger partial charge on any atom is -0.390 e. The predicted octanol–water partition coefficient (Wildman–Crippen LogP) is 2.29. The lowest BCUT2D eigenvalue weighted by atomic mass is 9.39. The van der Waals surface area contributed by atoms with Crippen LogP contribution in [0.1, 0.15) is 53.4 Å². The summed E-state index contributed by atoms with van der Waals surface area (Å²) in [6.07, 6.45) is 4.33. The molecule has 4 aliphatic rings. The van der Waals surface area contributed by atoms with Crippen molar-refractivity contribution in [3.8, 4) is 0 Å². The molecule has 0 bridgehead atoms. The van der Waals surface area contributed by atoms with Crippen molar-refractivity contribution in [1.82, 2.24) is 0 Å². The Morgan fingerprint density at radius 3 is 2.55 bits per heavy atom. The van der Waals surface area contributed by atoms with E-state index >= 15 is 4.39 Å². The van der Waals surface area contributed by atoms with Crippen LogP contribution in [0.15, 0.2) is 23.8 Å². The van der Waals surface area contributed by atoms with E-state index in [1.165, 1.54) is 12.2 Å². The molecule has 0 radical (unpaired) electrons. The molecule has 0 amide bonds. The highest BCUT2D eigenvalue weighted by Gasteiger charge is 2.79. The Morgan fingerprint density at radius 2 is 1.93 bits per heavy atom. The van der Waals surface area contributed by atoms with Crippen LogP contribution in [0.5, 0.6) is 0 Å². The molecule has 5 nitrogen and oxygen atoms in total. The van der Waals surface area contributed by atoms with E-state index in [1.807, 2.05) is 6.92 Å². The van der Waals surface area contributed by atoms with Crippen molar-refractivity contribution < 1.29 is 29.3 Å². The normalized spacial score (nSPS) is 53.7. The van der Waals surface area contributed by atoms with E-state index in [0.717, 1.165) is 0 Å². The highest BCUT2D eigenvalue weighted by molar-refractivity contribution is 6.01. The van der Waals surface area contributed by atoms with Gasteiger partial charge in [0.2, 0.25) is 0 Å². The van der Waals surface area contributed by atoms with E-state index in [1.54, 1.807) is 26.8 Å². The monoisotopic (exact) mass is 406 g/mol. The number of allylic oxidation sites excluding steroid dienone is 4. The topological polar surface area (TPSA) is 94.8 Å². The Morgan fingerprint density at radius 1 is 1.28 bits per heavy atom. The Hall–Kier alpha value is -1.37. The highest BCUT2D eigenvalue weighted by Crippen LogP contribution is 2.75. The van der Waals surface area contributed by atoms with Gasteiger partial charge in [0.15, 0.2) is 17.2 Å². The maximum atomic E-state index is 17.2. The number of hydrogen-bond acceptors (Lipinski definition) is 5. The molecule has 29 heavy (non-hydrogen) atoms.